The average molecular weight is 251 g/mol. The van der Waals surface area contributed by atoms with E-state index in [0.29, 0.717) is 5.41 Å². The Kier molecular flexibility index (Phi) is 4.75. The van der Waals surface area contributed by atoms with Crippen LogP contribution in [0.4, 0.5) is 0 Å². The topological polar surface area (TPSA) is 12.0 Å². The molecule has 0 aliphatic heterocycles. The van der Waals surface area contributed by atoms with Crippen LogP contribution in [0.25, 0.3) is 0 Å². The molecule has 0 saturated heterocycles. The standard InChI is InChI=1S/C17H33N/c1-13-5-7-15(8-6-13)9-10-18-16-12-17(3,4)11-14(16)2/h13-16,18H,5-12H2,1-4H3. The molecule has 0 aromatic rings. The van der Waals surface area contributed by atoms with Crippen molar-refractivity contribution in [2.24, 2.45) is 23.2 Å². The van der Waals surface area contributed by atoms with E-state index >= 15 is 0 Å². The Morgan fingerprint density at radius 3 is 2.22 bits per heavy atom. The van der Waals surface area contributed by atoms with Gasteiger partial charge in [-0.3, -0.25) is 0 Å². The number of rotatable bonds is 4. The average Bonchev–Trinajstić information content (AvgIpc) is 2.55. The minimum Gasteiger partial charge on any atom is -0.314 e. The predicted molar refractivity (Wildman–Crippen MR) is 79.7 cm³/mol. The summed E-state index contributed by atoms with van der Waals surface area (Å²) in [4.78, 5) is 0. The van der Waals surface area contributed by atoms with Gasteiger partial charge in [0.2, 0.25) is 0 Å². The summed E-state index contributed by atoms with van der Waals surface area (Å²) in [6.45, 7) is 10.9. The fraction of sp³-hybridized carbons (Fsp3) is 1.00. The van der Waals surface area contributed by atoms with Crippen LogP contribution in [0.3, 0.4) is 0 Å². The molecule has 0 radical (unpaired) electrons. The highest BCUT2D eigenvalue weighted by molar-refractivity contribution is 4.91. The van der Waals surface area contributed by atoms with Gasteiger partial charge in [0.1, 0.15) is 0 Å². The molecule has 106 valence electrons. The van der Waals surface area contributed by atoms with Crippen molar-refractivity contribution >= 4 is 0 Å². The second-order valence-corrected chi connectivity index (χ2v) is 8.02. The highest BCUT2D eigenvalue weighted by Gasteiger charge is 2.36. The maximum atomic E-state index is 3.85. The Balaban J connectivity index is 1.64. The maximum Gasteiger partial charge on any atom is 0.00979 e. The van der Waals surface area contributed by atoms with Crippen molar-refractivity contribution in [3.05, 3.63) is 0 Å². The monoisotopic (exact) mass is 251 g/mol. The summed E-state index contributed by atoms with van der Waals surface area (Å²) < 4.78 is 0. The number of nitrogens with one attached hydrogen (secondary N) is 1. The van der Waals surface area contributed by atoms with Crippen molar-refractivity contribution in [1.82, 2.24) is 5.32 Å². The fourth-order valence-electron chi connectivity index (χ4n) is 4.26. The van der Waals surface area contributed by atoms with Gasteiger partial charge < -0.3 is 5.32 Å². The SMILES string of the molecule is CC1CCC(CCNC2CC(C)(C)CC2C)CC1. The van der Waals surface area contributed by atoms with Crippen LogP contribution >= 0.6 is 0 Å². The third-order valence-electron chi connectivity index (χ3n) is 5.43. The Hall–Kier alpha value is -0.0400. The van der Waals surface area contributed by atoms with Gasteiger partial charge in [-0.2, -0.15) is 0 Å². The maximum absolute atomic E-state index is 3.85. The van der Waals surface area contributed by atoms with Gasteiger partial charge in [0.15, 0.2) is 0 Å². The molecular formula is C17H33N. The van der Waals surface area contributed by atoms with E-state index in [9.17, 15) is 0 Å². The van der Waals surface area contributed by atoms with Crippen LogP contribution in [-0.2, 0) is 0 Å². The first kappa shape index (κ1) is 14.4. The normalized spacial score (nSPS) is 40.0. The lowest BCUT2D eigenvalue weighted by atomic mass is 9.81. The van der Waals surface area contributed by atoms with E-state index in [1.165, 1.54) is 51.5 Å². The van der Waals surface area contributed by atoms with Crippen LogP contribution in [0, 0.1) is 23.2 Å². The van der Waals surface area contributed by atoms with E-state index in [0.717, 1.165) is 23.8 Å². The van der Waals surface area contributed by atoms with Crippen LogP contribution in [0.5, 0.6) is 0 Å². The lowest BCUT2D eigenvalue weighted by molar-refractivity contribution is 0.269. The first-order valence-electron chi connectivity index (χ1n) is 8.20. The van der Waals surface area contributed by atoms with Gasteiger partial charge in [0.25, 0.3) is 0 Å². The smallest absolute Gasteiger partial charge is 0.00979 e. The summed E-state index contributed by atoms with van der Waals surface area (Å²) in [5.74, 6) is 2.87. The molecule has 2 atom stereocenters. The van der Waals surface area contributed by atoms with Crippen LogP contribution < -0.4 is 5.32 Å². The van der Waals surface area contributed by atoms with Gasteiger partial charge in [-0.15, -0.1) is 0 Å². The zero-order valence-electron chi connectivity index (χ0n) is 13.0. The van der Waals surface area contributed by atoms with E-state index < -0.39 is 0 Å². The van der Waals surface area contributed by atoms with Crippen molar-refractivity contribution < 1.29 is 0 Å². The van der Waals surface area contributed by atoms with Crippen molar-refractivity contribution in [2.75, 3.05) is 6.54 Å². The predicted octanol–water partition coefficient (Wildman–Crippen LogP) is 4.62. The molecule has 1 nitrogen and oxygen atoms in total. The second-order valence-electron chi connectivity index (χ2n) is 8.02. The van der Waals surface area contributed by atoms with Crippen molar-refractivity contribution in [2.45, 2.75) is 78.7 Å². The largest absolute Gasteiger partial charge is 0.314 e. The molecule has 2 unspecified atom stereocenters. The summed E-state index contributed by atoms with van der Waals surface area (Å²) in [7, 11) is 0. The molecule has 0 bridgehead atoms. The lowest BCUT2D eigenvalue weighted by Gasteiger charge is -2.27. The van der Waals surface area contributed by atoms with Crippen molar-refractivity contribution in [3.8, 4) is 0 Å². The second kappa shape index (κ2) is 5.94. The molecule has 1 heteroatoms. The molecule has 2 rings (SSSR count). The zero-order valence-corrected chi connectivity index (χ0v) is 13.0. The van der Waals surface area contributed by atoms with Gasteiger partial charge in [0, 0.05) is 6.04 Å². The van der Waals surface area contributed by atoms with E-state index in [1.807, 2.05) is 0 Å². The van der Waals surface area contributed by atoms with Crippen LogP contribution in [0.1, 0.15) is 72.6 Å². The van der Waals surface area contributed by atoms with Crippen LogP contribution in [0.15, 0.2) is 0 Å². The summed E-state index contributed by atoms with van der Waals surface area (Å²) in [5.41, 5.74) is 0.567. The highest BCUT2D eigenvalue weighted by Crippen LogP contribution is 2.40. The Labute approximate surface area is 114 Å². The number of hydrogen-bond donors (Lipinski definition) is 1. The fourth-order valence-corrected chi connectivity index (χ4v) is 4.26. The van der Waals surface area contributed by atoms with Crippen molar-refractivity contribution in [1.29, 1.82) is 0 Å². The summed E-state index contributed by atoms with van der Waals surface area (Å²) >= 11 is 0. The molecule has 0 heterocycles. The zero-order chi connectivity index (χ0) is 13.2. The molecule has 0 aromatic heterocycles. The minimum absolute atomic E-state index is 0.567. The van der Waals surface area contributed by atoms with Gasteiger partial charge in [-0.25, -0.2) is 0 Å². The Morgan fingerprint density at radius 1 is 1.00 bits per heavy atom. The molecular weight excluding hydrogens is 218 g/mol. The molecule has 2 aliphatic rings. The third kappa shape index (κ3) is 3.98. The minimum atomic E-state index is 0.567. The summed E-state index contributed by atoms with van der Waals surface area (Å²) in [6.07, 6.45) is 10.1. The van der Waals surface area contributed by atoms with E-state index in [1.54, 1.807) is 0 Å². The first-order valence-corrected chi connectivity index (χ1v) is 8.20. The summed E-state index contributed by atoms with van der Waals surface area (Å²) in [5, 5.41) is 3.85. The van der Waals surface area contributed by atoms with Gasteiger partial charge in [0.05, 0.1) is 0 Å². The first-order chi connectivity index (χ1) is 8.46. The van der Waals surface area contributed by atoms with Gasteiger partial charge in [-0.05, 0) is 49.0 Å². The van der Waals surface area contributed by atoms with Gasteiger partial charge in [-0.1, -0.05) is 53.4 Å². The quantitative estimate of drug-likeness (QED) is 0.769. The van der Waals surface area contributed by atoms with Crippen LogP contribution in [-0.4, -0.2) is 12.6 Å². The van der Waals surface area contributed by atoms with E-state index in [-0.39, 0.29) is 0 Å². The number of hydrogen-bond acceptors (Lipinski definition) is 1. The van der Waals surface area contributed by atoms with E-state index in [2.05, 4.69) is 33.0 Å². The molecule has 2 aliphatic carbocycles. The Bertz CT molecular complexity index is 250. The molecule has 18 heavy (non-hydrogen) atoms. The lowest BCUT2D eigenvalue weighted by Crippen LogP contribution is -2.33. The highest BCUT2D eigenvalue weighted by atomic mass is 14.9. The molecule has 0 spiro atoms. The molecule has 0 amide bonds. The Morgan fingerprint density at radius 2 is 1.67 bits per heavy atom. The van der Waals surface area contributed by atoms with E-state index in [4.69, 9.17) is 0 Å². The molecule has 0 aromatic carbocycles. The molecule has 2 saturated carbocycles. The van der Waals surface area contributed by atoms with Gasteiger partial charge >= 0.3 is 0 Å². The summed E-state index contributed by atoms with van der Waals surface area (Å²) in [6, 6.07) is 0.780. The third-order valence-corrected chi connectivity index (χ3v) is 5.43. The van der Waals surface area contributed by atoms with Crippen molar-refractivity contribution in [3.63, 3.8) is 0 Å². The molecule has 2 fully saturated rings. The molecule has 1 N–H and O–H groups in total. The van der Waals surface area contributed by atoms with Crippen LogP contribution in [0.2, 0.25) is 0 Å².